The maximum absolute atomic E-state index is 12.4. The van der Waals surface area contributed by atoms with Gasteiger partial charge in [0.1, 0.15) is 0 Å². The molecule has 6 heteroatoms. The fraction of sp³-hybridized carbons (Fsp3) is 0.190. The zero-order valence-corrected chi connectivity index (χ0v) is 15.2. The van der Waals surface area contributed by atoms with Gasteiger partial charge in [0.05, 0.1) is 27.7 Å². The third-order valence-corrected chi connectivity index (χ3v) is 5.01. The summed E-state index contributed by atoms with van der Waals surface area (Å²) < 4.78 is 0. The Labute approximate surface area is 155 Å². The maximum atomic E-state index is 12.4. The topological polar surface area (TPSA) is 105 Å². The summed E-state index contributed by atoms with van der Waals surface area (Å²) in [7, 11) is 0. The Morgan fingerprint density at radius 3 is 2.67 bits per heavy atom. The van der Waals surface area contributed by atoms with Crippen LogP contribution < -0.4 is 11.3 Å². The first-order chi connectivity index (χ1) is 13.0. The molecule has 0 bridgehead atoms. The van der Waals surface area contributed by atoms with E-state index >= 15 is 0 Å². The molecule has 1 aromatic carbocycles. The molecule has 1 unspecified atom stereocenters. The predicted molar refractivity (Wildman–Crippen MR) is 107 cm³/mol. The fourth-order valence-electron chi connectivity index (χ4n) is 3.43. The molecule has 0 aliphatic rings. The second kappa shape index (κ2) is 6.48. The van der Waals surface area contributed by atoms with Crippen LogP contribution in [0, 0.1) is 6.92 Å². The van der Waals surface area contributed by atoms with Crippen molar-refractivity contribution in [1.82, 2.24) is 15.0 Å². The van der Waals surface area contributed by atoms with Gasteiger partial charge in [-0.05, 0) is 42.6 Å². The number of hydrogen-bond donors (Lipinski definition) is 3. The number of hydrogen-bond acceptors (Lipinski definition) is 5. The normalized spacial score (nSPS) is 12.6. The van der Waals surface area contributed by atoms with E-state index < -0.39 is 0 Å². The number of fused-ring (bicyclic) bond motifs is 3. The standard InChI is InChI=1S/C21H20N4O2/c1-11(10-22)13-5-7-14(8-6-13)16-17-18(12(2)24-21(16)27)25-20(26)15-4-3-9-23-19(15)17/h3-9,11H,10,22H2,1-2H3,(H,24,27)(H,25,26). The summed E-state index contributed by atoms with van der Waals surface area (Å²) >= 11 is 0. The molecular weight excluding hydrogens is 340 g/mol. The molecule has 27 heavy (non-hydrogen) atoms. The minimum atomic E-state index is -0.223. The molecule has 0 spiro atoms. The van der Waals surface area contributed by atoms with Crippen molar-refractivity contribution in [3.63, 3.8) is 0 Å². The second-order valence-electron chi connectivity index (χ2n) is 6.76. The monoisotopic (exact) mass is 360 g/mol. The van der Waals surface area contributed by atoms with Crippen LogP contribution in [0.3, 0.4) is 0 Å². The summed E-state index contributed by atoms with van der Waals surface area (Å²) in [6, 6.07) is 11.3. The Bertz CT molecular complexity index is 1210. The van der Waals surface area contributed by atoms with Crippen molar-refractivity contribution in [2.45, 2.75) is 19.8 Å². The zero-order chi connectivity index (χ0) is 19.1. The Kier molecular flexibility index (Phi) is 4.12. The van der Waals surface area contributed by atoms with Gasteiger partial charge in [0, 0.05) is 11.6 Å². The molecule has 3 heterocycles. The lowest BCUT2D eigenvalue weighted by Crippen LogP contribution is -2.09. The number of aromatic nitrogens is 3. The van der Waals surface area contributed by atoms with Gasteiger partial charge in [-0.15, -0.1) is 0 Å². The highest BCUT2D eigenvalue weighted by atomic mass is 16.3. The van der Waals surface area contributed by atoms with Gasteiger partial charge in [0.15, 0.2) is 0 Å². The van der Waals surface area contributed by atoms with Crippen LogP contribution in [-0.4, -0.2) is 26.6 Å². The van der Waals surface area contributed by atoms with E-state index in [-0.39, 0.29) is 17.4 Å². The highest BCUT2D eigenvalue weighted by molar-refractivity contribution is 6.12. The highest BCUT2D eigenvalue weighted by Gasteiger charge is 2.18. The summed E-state index contributed by atoms with van der Waals surface area (Å²) in [5.41, 5.74) is 9.69. The summed E-state index contributed by atoms with van der Waals surface area (Å²) in [6.45, 7) is 4.38. The van der Waals surface area contributed by atoms with Gasteiger partial charge in [-0.1, -0.05) is 31.2 Å². The number of nitrogens with one attached hydrogen (secondary N) is 1. The largest absolute Gasteiger partial charge is 0.493 e. The van der Waals surface area contributed by atoms with E-state index in [9.17, 15) is 9.90 Å². The lowest BCUT2D eigenvalue weighted by Gasteiger charge is -2.14. The van der Waals surface area contributed by atoms with Gasteiger partial charge in [-0.25, -0.2) is 4.98 Å². The number of pyridine rings is 3. The van der Waals surface area contributed by atoms with Gasteiger partial charge >= 0.3 is 0 Å². The average molecular weight is 360 g/mol. The Morgan fingerprint density at radius 2 is 1.96 bits per heavy atom. The molecule has 0 saturated heterocycles. The third-order valence-electron chi connectivity index (χ3n) is 5.01. The van der Waals surface area contributed by atoms with Crippen LogP contribution in [0.5, 0.6) is 5.88 Å². The van der Waals surface area contributed by atoms with Gasteiger partial charge in [0.25, 0.3) is 5.56 Å². The molecule has 4 N–H and O–H groups in total. The summed E-state index contributed by atoms with van der Waals surface area (Å²) in [6.07, 6.45) is 1.64. The molecule has 4 aromatic rings. The lowest BCUT2D eigenvalue weighted by molar-refractivity contribution is 0.455. The number of benzene rings is 1. The quantitative estimate of drug-likeness (QED) is 0.487. The van der Waals surface area contributed by atoms with Gasteiger partial charge < -0.3 is 15.8 Å². The number of aromatic amines is 1. The molecule has 0 saturated carbocycles. The second-order valence-corrected chi connectivity index (χ2v) is 6.76. The Morgan fingerprint density at radius 1 is 1.22 bits per heavy atom. The Hall–Kier alpha value is -3.25. The van der Waals surface area contributed by atoms with Crippen LogP contribution in [0.1, 0.15) is 24.1 Å². The molecule has 6 nitrogen and oxygen atoms in total. The van der Waals surface area contributed by atoms with Crippen molar-refractivity contribution in [3.8, 4) is 17.0 Å². The van der Waals surface area contributed by atoms with Gasteiger partial charge in [-0.3, -0.25) is 9.78 Å². The van der Waals surface area contributed by atoms with Crippen molar-refractivity contribution < 1.29 is 5.11 Å². The van der Waals surface area contributed by atoms with Crippen molar-refractivity contribution >= 4 is 21.8 Å². The number of aromatic hydroxyl groups is 1. The molecule has 136 valence electrons. The summed E-state index contributed by atoms with van der Waals surface area (Å²) in [5.74, 6) is 0.165. The highest BCUT2D eigenvalue weighted by Crippen LogP contribution is 2.38. The number of rotatable bonds is 3. The third kappa shape index (κ3) is 2.74. The van der Waals surface area contributed by atoms with E-state index in [2.05, 4.69) is 21.9 Å². The smallest absolute Gasteiger partial charge is 0.257 e. The lowest BCUT2D eigenvalue weighted by atomic mass is 9.95. The SMILES string of the molecule is Cc1nc(O)c(-c2ccc(C(C)CN)cc2)c2c1[nH]c(=O)c1cccnc12. The van der Waals surface area contributed by atoms with Crippen LogP contribution in [0.2, 0.25) is 0 Å². The molecular formula is C21H20N4O2. The van der Waals surface area contributed by atoms with E-state index in [0.717, 1.165) is 11.1 Å². The molecule has 4 rings (SSSR count). The molecule has 0 fully saturated rings. The van der Waals surface area contributed by atoms with Crippen molar-refractivity contribution in [2.24, 2.45) is 5.73 Å². The van der Waals surface area contributed by atoms with Crippen molar-refractivity contribution in [2.75, 3.05) is 6.54 Å². The van der Waals surface area contributed by atoms with Crippen molar-refractivity contribution in [1.29, 1.82) is 0 Å². The van der Waals surface area contributed by atoms with Gasteiger partial charge in [-0.2, -0.15) is 0 Å². The molecule has 3 aromatic heterocycles. The van der Waals surface area contributed by atoms with Crippen LogP contribution in [0.4, 0.5) is 0 Å². The first-order valence-corrected chi connectivity index (χ1v) is 8.82. The molecule has 0 aliphatic heterocycles. The number of aryl methyl sites for hydroxylation is 1. The molecule has 0 amide bonds. The van der Waals surface area contributed by atoms with Gasteiger partial charge in [0.2, 0.25) is 5.88 Å². The fourth-order valence-corrected chi connectivity index (χ4v) is 3.43. The summed E-state index contributed by atoms with van der Waals surface area (Å²) in [5, 5.41) is 11.8. The minimum Gasteiger partial charge on any atom is -0.493 e. The number of nitrogens with zero attached hydrogens (tertiary/aromatic N) is 2. The van der Waals surface area contributed by atoms with Crippen LogP contribution in [0.25, 0.3) is 32.9 Å². The van der Waals surface area contributed by atoms with E-state index in [1.165, 1.54) is 0 Å². The maximum Gasteiger partial charge on any atom is 0.257 e. The average Bonchev–Trinajstić information content (AvgIpc) is 2.69. The first-order valence-electron chi connectivity index (χ1n) is 8.82. The Balaban J connectivity index is 2.09. The van der Waals surface area contributed by atoms with E-state index in [4.69, 9.17) is 5.73 Å². The van der Waals surface area contributed by atoms with Crippen molar-refractivity contribution in [3.05, 3.63) is 64.2 Å². The summed E-state index contributed by atoms with van der Waals surface area (Å²) in [4.78, 5) is 24.0. The van der Waals surface area contributed by atoms with Crippen LogP contribution in [-0.2, 0) is 0 Å². The van der Waals surface area contributed by atoms with E-state index in [0.29, 0.717) is 39.6 Å². The van der Waals surface area contributed by atoms with Crippen LogP contribution in [0.15, 0.2) is 47.4 Å². The number of nitrogens with two attached hydrogens (primary N) is 1. The molecule has 0 aliphatic carbocycles. The number of H-pyrrole nitrogens is 1. The predicted octanol–water partition coefficient (Wildman–Crippen LogP) is 3.21. The molecule has 0 radical (unpaired) electrons. The van der Waals surface area contributed by atoms with E-state index in [1.807, 2.05) is 24.3 Å². The van der Waals surface area contributed by atoms with Crippen LogP contribution >= 0.6 is 0 Å². The van der Waals surface area contributed by atoms with E-state index in [1.54, 1.807) is 25.3 Å². The zero-order valence-electron chi connectivity index (χ0n) is 15.2. The first kappa shape index (κ1) is 17.2. The minimum absolute atomic E-state index is 0.0846. The molecule has 1 atom stereocenters.